The molecule has 0 unspecified atom stereocenters. The number of amides is 1. The molecule has 0 saturated carbocycles. The number of benzene rings is 3. The van der Waals surface area contributed by atoms with Crippen molar-refractivity contribution in [1.82, 2.24) is 24.6 Å². The number of thiazole rings is 1. The summed E-state index contributed by atoms with van der Waals surface area (Å²) >= 11 is 1.55. The fraction of sp³-hybridized carbons (Fsp3) is 0.257. The first-order chi connectivity index (χ1) is 22.7. The normalized spacial score (nSPS) is 16.1. The van der Waals surface area contributed by atoms with Gasteiger partial charge in [-0.05, 0) is 82.2 Å². The van der Waals surface area contributed by atoms with Crippen molar-refractivity contribution in [2.75, 3.05) is 18.7 Å². The molecule has 1 amide bonds. The van der Waals surface area contributed by atoms with E-state index < -0.39 is 21.3 Å². The number of hydrogen-bond acceptors (Lipinski definition) is 7. The van der Waals surface area contributed by atoms with E-state index in [1.54, 1.807) is 15.9 Å². The number of nitrogens with zero attached hydrogens (tertiary/aromatic N) is 6. The summed E-state index contributed by atoms with van der Waals surface area (Å²) in [4.78, 5) is 25.8. The Hall–Kier alpha value is -4.52. The molecule has 4 heterocycles. The molecular weight excluding hydrogens is 635 g/mol. The van der Waals surface area contributed by atoms with Crippen LogP contribution in [0.5, 0.6) is 0 Å². The predicted octanol–water partition coefficient (Wildman–Crippen LogP) is 7.10. The van der Waals surface area contributed by atoms with E-state index in [9.17, 15) is 13.6 Å². The Labute approximate surface area is 277 Å². The zero-order chi connectivity index (χ0) is 32.8. The lowest BCUT2D eigenvalue weighted by atomic mass is 10.0. The van der Waals surface area contributed by atoms with E-state index in [1.807, 2.05) is 13.8 Å². The number of fused-ring (bicyclic) bond motifs is 1. The van der Waals surface area contributed by atoms with Crippen molar-refractivity contribution in [3.8, 4) is 27.5 Å². The Bertz CT molecular complexity index is 2090. The first kappa shape index (κ1) is 31.1. The molecule has 240 valence electrons. The van der Waals surface area contributed by atoms with Crippen LogP contribution in [0.1, 0.15) is 47.6 Å². The Kier molecular flexibility index (Phi) is 8.33. The molecule has 1 saturated heterocycles. The van der Waals surface area contributed by atoms with Crippen LogP contribution in [-0.2, 0) is 11.3 Å². The minimum Gasteiger partial charge on any atom is -0.361 e. The molecule has 7 rings (SSSR count). The predicted molar refractivity (Wildman–Crippen MR) is 184 cm³/mol. The average Bonchev–Trinajstić information content (AvgIpc) is 3.73. The Morgan fingerprint density at radius 1 is 1.00 bits per heavy atom. The fourth-order valence-electron chi connectivity index (χ4n) is 6.43. The molecule has 0 radical (unpaired) electrons. The highest BCUT2D eigenvalue weighted by Gasteiger charge is 2.31. The second-order valence-electron chi connectivity index (χ2n) is 12.4. The average molecular weight is 669 g/mol. The second kappa shape index (κ2) is 12.6. The van der Waals surface area contributed by atoms with Crippen LogP contribution in [0.3, 0.4) is 0 Å². The third kappa shape index (κ3) is 6.04. The van der Waals surface area contributed by atoms with Crippen molar-refractivity contribution in [1.29, 1.82) is 0 Å². The minimum absolute atomic E-state index is 0.0536. The fourth-order valence-corrected chi connectivity index (χ4v) is 9.40. The maximum absolute atomic E-state index is 14.3. The van der Waals surface area contributed by atoms with Gasteiger partial charge in [0.05, 0.1) is 22.4 Å². The highest BCUT2D eigenvalue weighted by molar-refractivity contribution is 7.12. The number of halogens is 2. The molecule has 3 aromatic carbocycles. The topological polar surface area (TPSA) is 80.3 Å². The van der Waals surface area contributed by atoms with Crippen LogP contribution < -0.4 is 4.57 Å². The summed E-state index contributed by atoms with van der Waals surface area (Å²) in [5.41, 5.74) is 7.87. The third-order valence-electron chi connectivity index (χ3n) is 8.66. The number of rotatable bonds is 7. The summed E-state index contributed by atoms with van der Waals surface area (Å²) in [7, 11) is 2.70. The van der Waals surface area contributed by atoms with Gasteiger partial charge in [0, 0.05) is 40.7 Å². The van der Waals surface area contributed by atoms with Gasteiger partial charge in [-0.3, -0.25) is 9.36 Å². The lowest BCUT2D eigenvalue weighted by Crippen LogP contribution is -2.36. The molecule has 0 spiro atoms. The lowest BCUT2D eigenvalue weighted by molar-refractivity contribution is -0.117. The SMILES string of the molecule is Cc1noc(C)c1-c1ccc2c(c1)nc([C@@H]1CCCC(=O)N(c3ccc(F)c(F)c3)[SiH2]1)n2-c1nc(-c2ccc(CN(C)C)cc2)cs1. The summed E-state index contributed by atoms with van der Waals surface area (Å²) in [5.74, 6) is -0.402. The van der Waals surface area contributed by atoms with Gasteiger partial charge in [0.1, 0.15) is 21.3 Å². The van der Waals surface area contributed by atoms with E-state index in [-0.39, 0.29) is 11.4 Å². The summed E-state index contributed by atoms with van der Waals surface area (Å²) in [6.45, 7) is 4.68. The highest BCUT2D eigenvalue weighted by Crippen LogP contribution is 2.37. The van der Waals surface area contributed by atoms with E-state index in [1.165, 1.54) is 11.6 Å². The lowest BCUT2D eigenvalue weighted by Gasteiger charge is -2.24. The second-order valence-corrected chi connectivity index (χ2v) is 15.2. The van der Waals surface area contributed by atoms with Crippen LogP contribution in [0.2, 0.25) is 0 Å². The molecule has 0 bridgehead atoms. The first-order valence-electron chi connectivity index (χ1n) is 15.6. The number of anilines is 1. The minimum atomic E-state index is -1.41. The van der Waals surface area contributed by atoms with E-state index in [0.717, 1.165) is 80.9 Å². The van der Waals surface area contributed by atoms with Crippen molar-refractivity contribution in [2.45, 2.75) is 45.2 Å². The molecule has 47 heavy (non-hydrogen) atoms. The molecule has 0 aliphatic carbocycles. The van der Waals surface area contributed by atoms with Crippen LogP contribution in [0.15, 0.2) is 70.6 Å². The summed E-state index contributed by atoms with van der Waals surface area (Å²) in [5, 5.41) is 6.98. The van der Waals surface area contributed by atoms with E-state index in [2.05, 4.69) is 76.6 Å². The summed E-state index contributed by atoms with van der Waals surface area (Å²) < 4.78 is 37.4. The molecule has 8 nitrogen and oxygen atoms in total. The quantitative estimate of drug-likeness (QED) is 0.169. The van der Waals surface area contributed by atoms with Crippen molar-refractivity contribution in [2.24, 2.45) is 0 Å². The molecule has 6 aromatic rings. The van der Waals surface area contributed by atoms with Gasteiger partial charge in [0.2, 0.25) is 5.91 Å². The molecule has 1 aliphatic heterocycles. The number of carbonyl (C=O) groups is 1. The summed E-state index contributed by atoms with van der Waals surface area (Å²) in [6, 6.07) is 18.3. The van der Waals surface area contributed by atoms with Gasteiger partial charge in [0.25, 0.3) is 0 Å². The van der Waals surface area contributed by atoms with Crippen LogP contribution in [0, 0.1) is 25.5 Å². The standard InChI is InChI=1S/C35H34F2N6O2SSi/c1-20-33(21(2)45-40-20)24-12-15-30-28(16-24)38-34(31-6-5-7-32(44)43(47-31)25-13-14-26(36)27(37)17-25)42(30)35-39-29(19-46-35)23-10-8-22(9-11-23)18-41(3)4/h8-17,19,31H,5-7,18,47H2,1-4H3/t31-/m0/s1. The first-order valence-corrected chi connectivity index (χ1v) is 17.9. The zero-order valence-electron chi connectivity index (χ0n) is 26.6. The number of hydrogen-bond donors (Lipinski definition) is 0. The maximum Gasteiger partial charge on any atom is 0.218 e. The van der Waals surface area contributed by atoms with Gasteiger partial charge in [-0.15, -0.1) is 11.3 Å². The Morgan fingerprint density at radius 3 is 2.51 bits per heavy atom. The highest BCUT2D eigenvalue weighted by atomic mass is 32.1. The third-order valence-corrected chi connectivity index (χ3v) is 11.8. The van der Waals surface area contributed by atoms with Gasteiger partial charge in [-0.25, -0.2) is 18.7 Å². The largest absolute Gasteiger partial charge is 0.361 e. The van der Waals surface area contributed by atoms with E-state index in [4.69, 9.17) is 14.5 Å². The van der Waals surface area contributed by atoms with Gasteiger partial charge in [-0.1, -0.05) is 35.5 Å². The smallest absolute Gasteiger partial charge is 0.218 e. The number of carbonyl (C=O) groups excluding carboxylic acids is 1. The monoisotopic (exact) mass is 668 g/mol. The molecule has 1 atom stereocenters. The van der Waals surface area contributed by atoms with E-state index in [0.29, 0.717) is 18.5 Å². The van der Waals surface area contributed by atoms with Gasteiger partial charge < -0.3 is 14.0 Å². The van der Waals surface area contributed by atoms with Crippen LogP contribution in [0.4, 0.5) is 14.5 Å². The number of imidazole rings is 1. The van der Waals surface area contributed by atoms with Crippen molar-refractivity contribution < 1.29 is 18.1 Å². The number of aryl methyl sites for hydroxylation is 2. The Morgan fingerprint density at radius 2 is 1.79 bits per heavy atom. The van der Waals surface area contributed by atoms with Crippen LogP contribution >= 0.6 is 11.3 Å². The maximum atomic E-state index is 14.3. The number of aromatic nitrogens is 4. The van der Waals surface area contributed by atoms with Crippen LogP contribution in [0.25, 0.3) is 38.5 Å². The van der Waals surface area contributed by atoms with Gasteiger partial charge in [-0.2, -0.15) is 0 Å². The molecule has 0 N–H and O–H groups in total. The molecule has 3 aromatic heterocycles. The molecule has 1 fully saturated rings. The van der Waals surface area contributed by atoms with Gasteiger partial charge >= 0.3 is 0 Å². The van der Waals surface area contributed by atoms with Crippen molar-refractivity contribution in [3.63, 3.8) is 0 Å². The zero-order valence-corrected chi connectivity index (χ0v) is 28.9. The summed E-state index contributed by atoms with van der Waals surface area (Å²) in [6.07, 6.45) is 1.76. The van der Waals surface area contributed by atoms with E-state index >= 15 is 0 Å². The van der Waals surface area contributed by atoms with Gasteiger partial charge in [0.15, 0.2) is 16.8 Å². The van der Waals surface area contributed by atoms with Crippen molar-refractivity contribution >= 4 is 43.6 Å². The Balaban J connectivity index is 1.33. The van der Waals surface area contributed by atoms with Crippen LogP contribution in [-0.4, -0.2) is 54.3 Å². The molecular formula is C35H34F2N6O2SSi. The molecule has 1 aliphatic rings. The molecule has 12 heteroatoms. The van der Waals surface area contributed by atoms with Crippen molar-refractivity contribution in [3.05, 3.63) is 101 Å².